The zero-order valence-corrected chi connectivity index (χ0v) is 27.4. The van der Waals surface area contributed by atoms with E-state index >= 15 is 0 Å². The van der Waals surface area contributed by atoms with E-state index in [-0.39, 0.29) is 5.41 Å². The summed E-state index contributed by atoms with van der Waals surface area (Å²) in [6, 6.07) is 35.4. The fraction of sp³-hybridized carbons (Fsp3) is 0.0909. The van der Waals surface area contributed by atoms with E-state index in [0.29, 0.717) is 5.82 Å². The molecule has 8 rings (SSSR count). The van der Waals surface area contributed by atoms with Crippen LogP contribution in [0.3, 0.4) is 0 Å². The molecule has 0 spiro atoms. The molecule has 0 saturated carbocycles. The summed E-state index contributed by atoms with van der Waals surface area (Å²) in [5.74, 6) is 0.587. The summed E-state index contributed by atoms with van der Waals surface area (Å²) in [6.07, 6.45) is 5.90. The highest BCUT2D eigenvalue weighted by molar-refractivity contribution is 6.17. The number of furan rings is 1. The van der Waals surface area contributed by atoms with E-state index in [1.165, 1.54) is 16.6 Å². The third kappa shape index (κ3) is 4.37. The molecule has 232 valence electrons. The number of rotatable bonds is 4. The van der Waals surface area contributed by atoms with Gasteiger partial charge in [0.05, 0.1) is 22.6 Å². The number of allylic oxidation sites excluding steroid dienone is 1. The minimum absolute atomic E-state index is 0.289. The van der Waals surface area contributed by atoms with Gasteiger partial charge in [-0.25, -0.2) is 9.97 Å². The van der Waals surface area contributed by atoms with Gasteiger partial charge in [-0.1, -0.05) is 119 Å². The number of fused-ring (bicyclic) bond motifs is 7. The average Bonchev–Trinajstić information content (AvgIpc) is 3.63. The molecular weight excluding hydrogens is 587 g/mol. The molecule has 4 nitrogen and oxygen atoms in total. The van der Waals surface area contributed by atoms with Crippen LogP contribution >= 0.6 is 0 Å². The molecule has 4 aromatic carbocycles. The Morgan fingerprint density at radius 2 is 1.52 bits per heavy atom. The van der Waals surface area contributed by atoms with Crippen molar-refractivity contribution in [1.82, 2.24) is 14.5 Å². The molecule has 0 N–H and O–H groups in total. The summed E-state index contributed by atoms with van der Waals surface area (Å²) >= 11 is 0. The zero-order chi connectivity index (χ0) is 33.2. The highest BCUT2D eigenvalue weighted by Gasteiger charge is 2.36. The Hall–Kier alpha value is -6.00. The van der Waals surface area contributed by atoms with E-state index in [1.807, 2.05) is 67.6 Å². The van der Waals surface area contributed by atoms with E-state index < -0.39 is 0 Å². The topological polar surface area (TPSA) is 43.9 Å². The third-order valence-corrected chi connectivity index (χ3v) is 9.54. The quantitative estimate of drug-likeness (QED) is 0.197. The van der Waals surface area contributed by atoms with Gasteiger partial charge in [0.1, 0.15) is 11.1 Å². The zero-order valence-electron chi connectivity index (χ0n) is 27.4. The first-order valence-electron chi connectivity index (χ1n) is 16.2. The normalized spacial score (nSPS) is 13.2. The number of hydrogen-bond acceptors (Lipinski definition) is 3. The van der Waals surface area contributed by atoms with Gasteiger partial charge in [-0.3, -0.25) is 0 Å². The van der Waals surface area contributed by atoms with Gasteiger partial charge in [0.2, 0.25) is 0 Å². The second-order valence-electron chi connectivity index (χ2n) is 12.8. The Morgan fingerprint density at radius 1 is 0.771 bits per heavy atom. The van der Waals surface area contributed by atoms with Gasteiger partial charge >= 0.3 is 0 Å². The Kier molecular flexibility index (Phi) is 6.78. The Labute approximate surface area is 279 Å². The Morgan fingerprint density at radius 3 is 2.35 bits per heavy atom. The summed E-state index contributed by atoms with van der Waals surface area (Å²) in [5, 5.41) is 3.96. The van der Waals surface area contributed by atoms with Gasteiger partial charge in [0, 0.05) is 32.9 Å². The van der Waals surface area contributed by atoms with E-state index in [2.05, 4.69) is 92.8 Å². The van der Waals surface area contributed by atoms with Crippen molar-refractivity contribution in [2.75, 3.05) is 0 Å². The maximum Gasteiger partial charge on any atom is 0.161 e. The van der Waals surface area contributed by atoms with Gasteiger partial charge in [0.15, 0.2) is 11.4 Å². The van der Waals surface area contributed by atoms with Crippen LogP contribution < -0.4 is 10.4 Å². The summed E-state index contributed by atoms with van der Waals surface area (Å²) in [5.41, 5.74) is 11.8. The van der Waals surface area contributed by atoms with Crippen molar-refractivity contribution < 1.29 is 4.42 Å². The molecule has 0 amide bonds. The average molecular weight is 622 g/mol. The second-order valence-corrected chi connectivity index (χ2v) is 12.8. The molecule has 0 bridgehead atoms. The lowest BCUT2D eigenvalue weighted by atomic mass is 9.74. The Balaban J connectivity index is 1.42. The fourth-order valence-electron chi connectivity index (χ4n) is 7.19. The summed E-state index contributed by atoms with van der Waals surface area (Å²) < 4.78 is 8.91. The SMILES string of the molecule is C=Cc1nc(-c2cccc(=C)ccccc2=C)nc(-c2ccc3c(c2)C(C)(C)c2cccc4c5oc6ccccc6c5n-3c24)c1/C=C\C. The summed E-state index contributed by atoms with van der Waals surface area (Å²) in [7, 11) is 0. The lowest BCUT2D eigenvalue weighted by Crippen LogP contribution is -2.26. The highest BCUT2D eigenvalue weighted by Crippen LogP contribution is 2.50. The molecular formula is C44H35N3O. The van der Waals surface area contributed by atoms with Crippen LogP contribution in [-0.2, 0) is 5.41 Å². The lowest BCUT2D eigenvalue weighted by molar-refractivity contribution is 0.630. The molecule has 0 atom stereocenters. The number of nitrogens with zero attached hydrogens (tertiary/aromatic N) is 3. The van der Waals surface area contributed by atoms with Gasteiger partial charge in [-0.05, 0) is 64.9 Å². The maximum atomic E-state index is 6.51. The number of hydrogen-bond donors (Lipinski definition) is 0. The van der Waals surface area contributed by atoms with E-state index in [1.54, 1.807) is 6.08 Å². The molecule has 0 aliphatic carbocycles. The minimum atomic E-state index is -0.289. The van der Waals surface area contributed by atoms with Crippen LogP contribution in [0, 0.1) is 0 Å². The van der Waals surface area contributed by atoms with Crippen LogP contribution in [0.5, 0.6) is 0 Å². The van der Waals surface area contributed by atoms with Crippen molar-refractivity contribution in [3.05, 3.63) is 149 Å². The van der Waals surface area contributed by atoms with Crippen molar-refractivity contribution in [3.63, 3.8) is 0 Å². The number of para-hydroxylation sites is 2. The predicted octanol–water partition coefficient (Wildman–Crippen LogP) is 9.91. The Bertz CT molecular complexity index is 2670. The van der Waals surface area contributed by atoms with Crippen LogP contribution in [0.2, 0.25) is 0 Å². The van der Waals surface area contributed by atoms with Crippen LogP contribution in [-0.4, -0.2) is 14.5 Å². The van der Waals surface area contributed by atoms with Crippen molar-refractivity contribution in [1.29, 1.82) is 0 Å². The largest absolute Gasteiger partial charge is 0.454 e. The van der Waals surface area contributed by atoms with Crippen molar-refractivity contribution in [3.8, 4) is 28.3 Å². The lowest BCUT2D eigenvalue weighted by Gasteiger charge is -2.35. The summed E-state index contributed by atoms with van der Waals surface area (Å²) in [6.45, 7) is 19.2. The standard InChI is InChI=1S/C44H35N3O/c1-7-15-31-36(8-2)45-43(30-20-13-17-27(3)16-9-10-18-28(30)4)46-39(31)29-24-25-37-35(26-29)44(5,6)34-22-14-21-33-40(34)47(37)41-32-19-11-12-23-38(32)48-42(33)41/h7-26H,2-4H2,1,5-6H3/b15-7-,16-9?,17-13?,18-10?,30-20?. The van der Waals surface area contributed by atoms with Crippen molar-refractivity contribution in [2.45, 2.75) is 26.2 Å². The molecule has 48 heavy (non-hydrogen) atoms. The van der Waals surface area contributed by atoms with E-state index in [4.69, 9.17) is 14.4 Å². The van der Waals surface area contributed by atoms with Gasteiger partial charge in [-0.15, -0.1) is 0 Å². The minimum Gasteiger partial charge on any atom is -0.454 e. The molecule has 1 aliphatic heterocycles. The molecule has 3 aromatic heterocycles. The molecule has 0 radical (unpaired) electrons. The van der Waals surface area contributed by atoms with Crippen LogP contribution in [0.1, 0.15) is 43.2 Å². The molecule has 4 heterocycles. The molecule has 0 unspecified atom stereocenters. The molecule has 0 fully saturated rings. The molecule has 1 aliphatic rings. The molecule has 0 saturated heterocycles. The van der Waals surface area contributed by atoms with Crippen LogP contribution in [0.25, 0.3) is 86.6 Å². The number of benzene rings is 3. The van der Waals surface area contributed by atoms with Gasteiger partial charge in [-0.2, -0.15) is 0 Å². The highest BCUT2D eigenvalue weighted by atomic mass is 16.3. The monoisotopic (exact) mass is 621 g/mol. The van der Waals surface area contributed by atoms with Crippen LogP contribution in [0.15, 0.2) is 120 Å². The van der Waals surface area contributed by atoms with E-state index in [9.17, 15) is 0 Å². The molecule has 7 aromatic rings. The van der Waals surface area contributed by atoms with Gasteiger partial charge < -0.3 is 8.98 Å². The van der Waals surface area contributed by atoms with Crippen LogP contribution in [0.4, 0.5) is 0 Å². The smallest absolute Gasteiger partial charge is 0.161 e. The first-order valence-corrected chi connectivity index (χ1v) is 16.2. The second kappa shape index (κ2) is 11.1. The third-order valence-electron chi connectivity index (χ3n) is 9.54. The summed E-state index contributed by atoms with van der Waals surface area (Å²) in [4.78, 5) is 10.3. The van der Waals surface area contributed by atoms with E-state index in [0.717, 1.165) is 71.7 Å². The first kappa shape index (κ1) is 29.4. The fourth-order valence-corrected chi connectivity index (χ4v) is 7.19. The molecule has 4 heteroatoms. The number of aromatic nitrogens is 3. The predicted molar refractivity (Wildman–Crippen MR) is 202 cm³/mol. The van der Waals surface area contributed by atoms with Crippen molar-refractivity contribution >= 4 is 58.3 Å². The first-order chi connectivity index (χ1) is 23.3. The van der Waals surface area contributed by atoms with Crippen molar-refractivity contribution in [2.24, 2.45) is 0 Å². The van der Waals surface area contributed by atoms with Gasteiger partial charge in [0.25, 0.3) is 0 Å². The maximum absolute atomic E-state index is 6.51.